The molecule has 0 amide bonds. The fraction of sp³-hybridized carbons (Fsp3) is 0.600. The van der Waals surface area contributed by atoms with Gasteiger partial charge in [-0.25, -0.2) is 19.6 Å². The van der Waals surface area contributed by atoms with Crippen LogP contribution >= 0.6 is 0 Å². The second-order valence-electron chi connectivity index (χ2n) is 1.30. The normalized spacial score (nSPS) is 7.11. The van der Waals surface area contributed by atoms with Gasteiger partial charge in [-0.3, -0.25) is 0 Å². The van der Waals surface area contributed by atoms with Crippen LogP contribution in [0.1, 0.15) is 6.42 Å². The number of hydrogen-bond donors (Lipinski definition) is 0. The van der Waals surface area contributed by atoms with Crippen molar-refractivity contribution in [1.29, 1.82) is 0 Å². The van der Waals surface area contributed by atoms with Crippen LogP contribution in [0.4, 0.5) is 0 Å². The van der Waals surface area contributed by atoms with Crippen LogP contribution in [-0.4, -0.2) is 25.2 Å². The Kier molecular flexibility index (Phi) is 5.83. The summed E-state index contributed by atoms with van der Waals surface area (Å²) >= 11 is 0. The molecule has 0 saturated carbocycles. The molecule has 0 aromatic carbocycles. The molecule has 0 aliphatic heterocycles. The molecule has 0 aliphatic rings. The molecule has 0 bridgehead atoms. The Hall–Kier alpha value is -1.24. The first-order chi connectivity index (χ1) is 4.41. The molecule has 4 nitrogen and oxygen atoms in total. The maximum atomic E-state index is 9.44. The SMILES string of the molecule is O=C=NCCCN=C=O. The zero-order chi connectivity index (χ0) is 6.95. The van der Waals surface area contributed by atoms with Crippen LogP contribution in [0.15, 0.2) is 9.98 Å². The molecule has 0 heterocycles. The number of isocyanates is 2. The highest BCUT2D eigenvalue weighted by molar-refractivity contribution is 5.33. The highest BCUT2D eigenvalue weighted by Gasteiger charge is 1.79. The van der Waals surface area contributed by atoms with Gasteiger partial charge in [-0.1, -0.05) is 0 Å². The molecule has 0 aromatic heterocycles. The van der Waals surface area contributed by atoms with Gasteiger partial charge in [0.05, 0.1) is 13.1 Å². The minimum absolute atomic E-state index is 0.384. The Morgan fingerprint density at radius 2 is 1.44 bits per heavy atom. The van der Waals surface area contributed by atoms with Crippen molar-refractivity contribution in [2.24, 2.45) is 9.98 Å². The lowest BCUT2D eigenvalue weighted by molar-refractivity contribution is 0.561. The molecule has 0 rings (SSSR count). The molecule has 0 atom stereocenters. The maximum absolute atomic E-state index is 9.44. The first kappa shape index (κ1) is 7.76. The molecule has 0 N–H and O–H groups in total. The van der Waals surface area contributed by atoms with E-state index in [9.17, 15) is 9.59 Å². The van der Waals surface area contributed by atoms with Crippen molar-refractivity contribution in [3.63, 3.8) is 0 Å². The van der Waals surface area contributed by atoms with Crippen molar-refractivity contribution in [3.8, 4) is 0 Å². The third-order valence-corrected chi connectivity index (χ3v) is 0.669. The first-order valence-corrected chi connectivity index (χ1v) is 2.49. The first-order valence-electron chi connectivity index (χ1n) is 2.49. The number of nitrogens with zero attached hydrogens (tertiary/aromatic N) is 2. The van der Waals surface area contributed by atoms with E-state index in [0.29, 0.717) is 19.5 Å². The predicted octanol–water partition coefficient (Wildman–Crippen LogP) is 0.0481. The summed E-state index contributed by atoms with van der Waals surface area (Å²) in [5, 5.41) is 0. The smallest absolute Gasteiger partial charge is 0.211 e. The fourth-order valence-electron chi connectivity index (χ4n) is 0.320. The molecular formula is C5H6N2O2. The fourth-order valence-corrected chi connectivity index (χ4v) is 0.320. The van der Waals surface area contributed by atoms with Gasteiger partial charge in [0, 0.05) is 0 Å². The molecule has 0 aromatic rings. The summed E-state index contributed by atoms with van der Waals surface area (Å²) in [5.74, 6) is 0. The van der Waals surface area contributed by atoms with Gasteiger partial charge in [-0.15, -0.1) is 0 Å². The second-order valence-corrected chi connectivity index (χ2v) is 1.30. The van der Waals surface area contributed by atoms with Crippen molar-refractivity contribution in [2.75, 3.05) is 13.1 Å². The largest absolute Gasteiger partial charge is 0.234 e. The lowest BCUT2D eigenvalue weighted by Gasteiger charge is -1.81. The van der Waals surface area contributed by atoms with Crippen molar-refractivity contribution in [2.45, 2.75) is 6.42 Å². The number of carbonyl (C=O) groups excluding carboxylic acids is 2. The zero-order valence-electron chi connectivity index (χ0n) is 4.83. The third-order valence-electron chi connectivity index (χ3n) is 0.669. The Labute approximate surface area is 52.3 Å². The van der Waals surface area contributed by atoms with E-state index in [-0.39, 0.29) is 0 Å². The van der Waals surface area contributed by atoms with E-state index < -0.39 is 0 Å². The molecule has 4 heteroatoms. The van der Waals surface area contributed by atoms with Gasteiger partial charge in [0.2, 0.25) is 12.2 Å². The van der Waals surface area contributed by atoms with Crippen LogP contribution in [0, 0.1) is 0 Å². The third kappa shape index (κ3) is 6.76. The van der Waals surface area contributed by atoms with Gasteiger partial charge < -0.3 is 0 Å². The summed E-state index contributed by atoms with van der Waals surface area (Å²) in [5.41, 5.74) is 0. The molecule has 0 fully saturated rings. The van der Waals surface area contributed by atoms with E-state index >= 15 is 0 Å². The number of hydrogen-bond acceptors (Lipinski definition) is 4. The second kappa shape index (κ2) is 6.76. The minimum atomic E-state index is 0.384. The Morgan fingerprint density at radius 3 is 1.78 bits per heavy atom. The predicted molar refractivity (Wildman–Crippen MR) is 30.6 cm³/mol. The summed E-state index contributed by atoms with van der Waals surface area (Å²) in [4.78, 5) is 25.4. The highest BCUT2D eigenvalue weighted by atomic mass is 16.1. The summed E-state index contributed by atoms with van der Waals surface area (Å²) < 4.78 is 0. The van der Waals surface area contributed by atoms with Crippen molar-refractivity contribution in [3.05, 3.63) is 0 Å². The average molecular weight is 126 g/mol. The lowest BCUT2D eigenvalue weighted by atomic mass is 10.4. The van der Waals surface area contributed by atoms with Gasteiger partial charge in [0.1, 0.15) is 0 Å². The summed E-state index contributed by atoms with van der Waals surface area (Å²) in [6, 6.07) is 0. The quantitative estimate of drug-likeness (QED) is 0.303. The van der Waals surface area contributed by atoms with E-state index in [4.69, 9.17) is 0 Å². The van der Waals surface area contributed by atoms with E-state index in [0.717, 1.165) is 0 Å². The van der Waals surface area contributed by atoms with Crippen LogP contribution in [0.5, 0.6) is 0 Å². The van der Waals surface area contributed by atoms with E-state index in [1.54, 1.807) is 0 Å². The molecule has 0 spiro atoms. The standard InChI is InChI=1S/C5H6N2O2/c8-4-6-2-1-3-7-5-9/h1-3H2. The van der Waals surface area contributed by atoms with E-state index in [1.807, 2.05) is 0 Å². The van der Waals surface area contributed by atoms with Gasteiger partial charge >= 0.3 is 0 Å². The van der Waals surface area contributed by atoms with E-state index in [2.05, 4.69) is 9.98 Å². The Morgan fingerprint density at radius 1 is 1.00 bits per heavy atom. The Balaban J connectivity index is 3.09. The average Bonchev–Trinajstić information content (AvgIpc) is 1.89. The highest BCUT2D eigenvalue weighted by Crippen LogP contribution is 1.78. The van der Waals surface area contributed by atoms with Crippen molar-refractivity contribution >= 4 is 12.2 Å². The van der Waals surface area contributed by atoms with Gasteiger partial charge in [-0.05, 0) is 6.42 Å². The zero-order valence-corrected chi connectivity index (χ0v) is 4.83. The van der Waals surface area contributed by atoms with Crippen LogP contribution < -0.4 is 0 Å². The number of rotatable bonds is 4. The molecule has 0 aliphatic carbocycles. The molecule has 9 heavy (non-hydrogen) atoms. The van der Waals surface area contributed by atoms with Crippen LogP contribution in [0.25, 0.3) is 0 Å². The topological polar surface area (TPSA) is 58.9 Å². The van der Waals surface area contributed by atoms with Crippen LogP contribution in [0.3, 0.4) is 0 Å². The van der Waals surface area contributed by atoms with Crippen LogP contribution in [0.2, 0.25) is 0 Å². The lowest BCUT2D eigenvalue weighted by Crippen LogP contribution is -1.83. The van der Waals surface area contributed by atoms with Crippen molar-refractivity contribution in [1.82, 2.24) is 0 Å². The molecule has 0 radical (unpaired) electrons. The monoisotopic (exact) mass is 126 g/mol. The maximum Gasteiger partial charge on any atom is 0.234 e. The van der Waals surface area contributed by atoms with Crippen molar-refractivity contribution < 1.29 is 9.59 Å². The number of aliphatic imine (C=N–C) groups is 2. The molecule has 48 valence electrons. The molecule has 0 saturated heterocycles. The van der Waals surface area contributed by atoms with E-state index in [1.165, 1.54) is 12.2 Å². The summed E-state index contributed by atoms with van der Waals surface area (Å²) in [6.45, 7) is 0.767. The van der Waals surface area contributed by atoms with Crippen LogP contribution in [-0.2, 0) is 9.59 Å². The van der Waals surface area contributed by atoms with Gasteiger partial charge in [0.25, 0.3) is 0 Å². The summed E-state index contributed by atoms with van der Waals surface area (Å²) in [7, 11) is 0. The molecular weight excluding hydrogens is 120 g/mol. The van der Waals surface area contributed by atoms with Gasteiger partial charge in [0.15, 0.2) is 0 Å². The van der Waals surface area contributed by atoms with Gasteiger partial charge in [-0.2, -0.15) is 0 Å². The summed E-state index contributed by atoms with van der Waals surface area (Å²) in [6.07, 6.45) is 3.36. The minimum Gasteiger partial charge on any atom is -0.211 e. The Bertz CT molecular complexity index is 136. The molecule has 0 unspecified atom stereocenters.